The maximum absolute atomic E-state index is 13.8. The Kier molecular flexibility index (Phi) is 5.09. The van der Waals surface area contributed by atoms with Crippen molar-refractivity contribution in [2.45, 2.75) is 25.3 Å². The van der Waals surface area contributed by atoms with Gasteiger partial charge in [-0.25, -0.2) is 12.8 Å². The molecule has 0 N–H and O–H groups in total. The molecule has 0 spiro atoms. The van der Waals surface area contributed by atoms with Crippen LogP contribution in [0.15, 0.2) is 77.7 Å². The number of aryl methyl sites for hydroxylation is 2. The van der Waals surface area contributed by atoms with Gasteiger partial charge in [0, 0.05) is 0 Å². The van der Waals surface area contributed by atoms with Gasteiger partial charge in [0.15, 0.2) is 0 Å². The van der Waals surface area contributed by atoms with E-state index in [-0.39, 0.29) is 11.4 Å². The summed E-state index contributed by atoms with van der Waals surface area (Å²) >= 11 is 0. The standard InChI is InChI=1S/C21H20FNO2S/c1-16-9-11-18(12-10-16)15-23(20-7-4-6-19(22)14-20)26(24,25)21-8-3-5-17(2)13-21/h3-14H,15H2,1-2H3. The molecule has 0 aliphatic carbocycles. The first kappa shape index (κ1) is 18.1. The van der Waals surface area contributed by atoms with Crippen LogP contribution in [0.5, 0.6) is 0 Å². The molecule has 0 aliphatic rings. The Morgan fingerprint density at radius 1 is 0.846 bits per heavy atom. The fourth-order valence-corrected chi connectivity index (χ4v) is 4.26. The van der Waals surface area contributed by atoms with E-state index >= 15 is 0 Å². The van der Waals surface area contributed by atoms with E-state index in [0.717, 1.165) is 16.7 Å². The molecule has 3 nitrogen and oxygen atoms in total. The van der Waals surface area contributed by atoms with Gasteiger partial charge >= 0.3 is 0 Å². The lowest BCUT2D eigenvalue weighted by Crippen LogP contribution is -2.30. The quantitative estimate of drug-likeness (QED) is 0.645. The molecule has 0 fully saturated rings. The van der Waals surface area contributed by atoms with Gasteiger partial charge in [-0.15, -0.1) is 0 Å². The van der Waals surface area contributed by atoms with Gasteiger partial charge in [-0.05, 0) is 55.3 Å². The highest BCUT2D eigenvalue weighted by Crippen LogP contribution is 2.27. The number of halogens is 1. The van der Waals surface area contributed by atoms with Crippen molar-refractivity contribution in [2.75, 3.05) is 4.31 Å². The molecule has 3 aromatic carbocycles. The minimum absolute atomic E-state index is 0.125. The zero-order valence-electron chi connectivity index (χ0n) is 14.7. The highest BCUT2D eigenvalue weighted by molar-refractivity contribution is 7.92. The first-order valence-electron chi connectivity index (χ1n) is 8.27. The van der Waals surface area contributed by atoms with Gasteiger partial charge in [-0.1, -0.05) is 48.0 Å². The van der Waals surface area contributed by atoms with Gasteiger partial charge in [0.1, 0.15) is 5.82 Å². The van der Waals surface area contributed by atoms with Crippen LogP contribution in [0.2, 0.25) is 0 Å². The number of sulfonamides is 1. The third-order valence-electron chi connectivity index (χ3n) is 4.12. The van der Waals surface area contributed by atoms with E-state index < -0.39 is 15.8 Å². The van der Waals surface area contributed by atoms with Gasteiger partial charge in [0.2, 0.25) is 0 Å². The predicted octanol–water partition coefficient (Wildman–Crippen LogP) is 4.84. The third-order valence-corrected chi connectivity index (χ3v) is 5.89. The number of anilines is 1. The van der Waals surface area contributed by atoms with E-state index in [9.17, 15) is 12.8 Å². The molecule has 0 aliphatic heterocycles. The molecular formula is C21H20FNO2S. The third kappa shape index (κ3) is 3.94. The van der Waals surface area contributed by atoms with Gasteiger partial charge in [0.05, 0.1) is 17.1 Å². The van der Waals surface area contributed by atoms with E-state index in [1.54, 1.807) is 24.3 Å². The maximum Gasteiger partial charge on any atom is 0.264 e. The van der Waals surface area contributed by atoms with Crippen molar-refractivity contribution >= 4 is 15.7 Å². The van der Waals surface area contributed by atoms with Gasteiger partial charge < -0.3 is 0 Å². The van der Waals surface area contributed by atoms with Crippen molar-refractivity contribution in [3.8, 4) is 0 Å². The van der Waals surface area contributed by atoms with Crippen molar-refractivity contribution in [3.05, 3.63) is 95.3 Å². The summed E-state index contributed by atoms with van der Waals surface area (Å²) in [6.45, 7) is 3.93. The van der Waals surface area contributed by atoms with E-state index in [1.807, 2.05) is 44.2 Å². The largest absolute Gasteiger partial charge is 0.264 e. The highest BCUT2D eigenvalue weighted by Gasteiger charge is 2.25. The van der Waals surface area contributed by atoms with Crippen molar-refractivity contribution < 1.29 is 12.8 Å². The molecule has 0 radical (unpaired) electrons. The highest BCUT2D eigenvalue weighted by atomic mass is 32.2. The summed E-state index contributed by atoms with van der Waals surface area (Å²) in [5, 5.41) is 0. The summed E-state index contributed by atoms with van der Waals surface area (Å²) in [6, 6.07) is 20.0. The van der Waals surface area contributed by atoms with Crippen LogP contribution in [0.25, 0.3) is 0 Å². The van der Waals surface area contributed by atoms with Crippen LogP contribution in [-0.4, -0.2) is 8.42 Å². The number of hydrogen-bond acceptors (Lipinski definition) is 2. The Balaban J connectivity index is 2.09. The Hall–Kier alpha value is -2.66. The molecule has 5 heteroatoms. The van der Waals surface area contributed by atoms with Crippen LogP contribution < -0.4 is 4.31 Å². The molecule has 134 valence electrons. The second-order valence-corrected chi connectivity index (χ2v) is 8.16. The lowest BCUT2D eigenvalue weighted by atomic mass is 10.1. The summed E-state index contributed by atoms with van der Waals surface area (Å²) in [7, 11) is -3.84. The molecule has 0 unspecified atom stereocenters. The summed E-state index contributed by atoms with van der Waals surface area (Å²) < 4.78 is 41.5. The predicted molar refractivity (Wildman–Crippen MR) is 102 cm³/mol. The molecule has 26 heavy (non-hydrogen) atoms. The van der Waals surface area contributed by atoms with Crippen molar-refractivity contribution in [1.82, 2.24) is 0 Å². The molecule has 0 amide bonds. The average molecular weight is 369 g/mol. The first-order chi connectivity index (χ1) is 12.4. The van der Waals surface area contributed by atoms with Crippen LogP contribution in [-0.2, 0) is 16.6 Å². The van der Waals surface area contributed by atoms with Gasteiger partial charge in [-0.3, -0.25) is 4.31 Å². The number of rotatable bonds is 5. The lowest BCUT2D eigenvalue weighted by Gasteiger charge is -2.25. The van der Waals surface area contributed by atoms with Crippen LogP contribution >= 0.6 is 0 Å². The molecule has 0 aromatic heterocycles. The van der Waals surface area contributed by atoms with Crippen LogP contribution in [0.4, 0.5) is 10.1 Å². The zero-order chi connectivity index (χ0) is 18.7. The summed E-state index contributed by atoms with van der Waals surface area (Å²) in [5.74, 6) is -0.476. The molecular weight excluding hydrogens is 349 g/mol. The van der Waals surface area contributed by atoms with E-state index in [0.29, 0.717) is 5.69 Å². The molecule has 0 heterocycles. The SMILES string of the molecule is Cc1ccc(CN(c2cccc(F)c2)S(=O)(=O)c2cccc(C)c2)cc1. The van der Waals surface area contributed by atoms with Crippen LogP contribution in [0.3, 0.4) is 0 Å². The number of benzene rings is 3. The van der Waals surface area contributed by atoms with Crippen molar-refractivity contribution in [1.29, 1.82) is 0 Å². The Labute approximate surface area is 153 Å². The minimum Gasteiger partial charge on any atom is -0.262 e. The van der Waals surface area contributed by atoms with Gasteiger partial charge in [-0.2, -0.15) is 0 Å². The topological polar surface area (TPSA) is 37.4 Å². The number of nitrogens with zero attached hydrogens (tertiary/aromatic N) is 1. The first-order valence-corrected chi connectivity index (χ1v) is 9.71. The lowest BCUT2D eigenvalue weighted by molar-refractivity contribution is 0.589. The van der Waals surface area contributed by atoms with Crippen LogP contribution in [0, 0.1) is 19.7 Å². The monoisotopic (exact) mass is 369 g/mol. The normalized spacial score (nSPS) is 11.3. The van der Waals surface area contributed by atoms with E-state index in [4.69, 9.17) is 0 Å². The fourth-order valence-electron chi connectivity index (χ4n) is 2.71. The zero-order valence-corrected chi connectivity index (χ0v) is 15.5. The maximum atomic E-state index is 13.8. The second-order valence-electron chi connectivity index (χ2n) is 6.29. The molecule has 0 saturated carbocycles. The molecule has 0 saturated heterocycles. The van der Waals surface area contributed by atoms with Crippen molar-refractivity contribution in [3.63, 3.8) is 0 Å². The number of hydrogen-bond donors (Lipinski definition) is 0. The molecule has 3 aromatic rings. The molecule has 0 bridgehead atoms. The van der Waals surface area contributed by atoms with Gasteiger partial charge in [0.25, 0.3) is 10.0 Å². The minimum atomic E-state index is -3.84. The fraction of sp³-hybridized carbons (Fsp3) is 0.143. The summed E-state index contributed by atoms with van der Waals surface area (Å²) in [5.41, 5.74) is 3.07. The average Bonchev–Trinajstić information content (AvgIpc) is 2.61. The summed E-state index contributed by atoms with van der Waals surface area (Å²) in [6.07, 6.45) is 0. The summed E-state index contributed by atoms with van der Waals surface area (Å²) in [4.78, 5) is 0.189. The van der Waals surface area contributed by atoms with E-state index in [2.05, 4.69) is 0 Å². The van der Waals surface area contributed by atoms with E-state index in [1.165, 1.54) is 22.5 Å². The Bertz CT molecular complexity index is 1010. The van der Waals surface area contributed by atoms with Crippen LogP contribution in [0.1, 0.15) is 16.7 Å². The molecule has 0 atom stereocenters. The second kappa shape index (κ2) is 7.30. The Morgan fingerprint density at radius 2 is 1.54 bits per heavy atom. The van der Waals surface area contributed by atoms with Crippen molar-refractivity contribution in [2.24, 2.45) is 0 Å². The Morgan fingerprint density at radius 3 is 2.19 bits per heavy atom. The smallest absolute Gasteiger partial charge is 0.262 e. The molecule has 3 rings (SSSR count).